The second-order valence-corrected chi connectivity index (χ2v) is 7.51. The lowest BCUT2D eigenvalue weighted by Gasteiger charge is -2.09. The summed E-state index contributed by atoms with van der Waals surface area (Å²) in [4.78, 5) is 3.36. The summed E-state index contributed by atoms with van der Waals surface area (Å²) in [6.45, 7) is 0.362. The van der Waals surface area contributed by atoms with Crippen molar-refractivity contribution < 1.29 is 12.8 Å². The first-order chi connectivity index (χ1) is 11.9. The number of nitrogens with zero attached hydrogens (tertiary/aromatic N) is 3. The van der Waals surface area contributed by atoms with Crippen LogP contribution in [0.1, 0.15) is 5.69 Å². The molecule has 1 aromatic carbocycles. The van der Waals surface area contributed by atoms with Crippen LogP contribution >= 0.6 is 11.6 Å². The zero-order valence-corrected chi connectivity index (χ0v) is 14.7. The van der Waals surface area contributed by atoms with E-state index in [1.54, 1.807) is 31.3 Å². The van der Waals surface area contributed by atoms with Crippen LogP contribution in [0, 0.1) is 5.82 Å². The molecule has 2 aromatic heterocycles. The van der Waals surface area contributed by atoms with Crippen molar-refractivity contribution in [2.45, 2.75) is 16.5 Å². The lowest BCUT2D eigenvalue weighted by molar-refractivity contribution is 0.579. The van der Waals surface area contributed by atoms with Gasteiger partial charge in [-0.2, -0.15) is 5.10 Å². The first-order valence-electron chi connectivity index (χ1n) is 7.27. The maximum absolute atomic E-state index is 13.4. The SMILES string of the molecule is CNCc1cc(S(=O)(=O)c2cncc(F)c2)n(-c2ccccc2Cl)n1. The van der Waals surface area contributed by atoms with Gasteiger partial charge in [-0.1, -0.05) is 23.7 Å². The zero-order chi connectivity index (χ0) is 18.0. The molecule has 0 atom stereocenters. The summed E-state index contributed by atoms with van der Waals surface area (Å²) >= 11 is 6.19. The molecule has 3 rings (SSSR count). The summed E-state index contributed by atoms with van der Waals surface area (Å²) < 4.78 is 40.6. The molecule has 0 bridgehead atoms. The van der Waals surface area contributed by atoms with Crippen LogP contribution in [0.15, 0.2) is 58.7 Å². The highest BCUT2D eigenvalue weighted by molar-refractivity contribution is 7.91. The third kappa shape index (κ3) is 3.41. The molecule has 2 heterocycles. The van der Waals surface area contributed by atoms with E-state index >= 15 is 0 Å². The van der Waals surface area contributed by atoms with E-state index in [4.69, 9.17) is 11.6 Å². The monoisotopic (exact) mass is 380 g/mol. The Labute approximate surface area is 149 Å². The van der Waals surface area contributed by atoms with Crippen molar-refractivity contribution in [3.63, 3.8) is 0 Å². The molecule has 0 saturated carbocycles. The number of benzene rings is 1. The van der Waals surface area contributed by atoms with Crippen molar-refractivity contribution in [1.29, 1.82) is 0 Å². The number of nitrogens with one attached hydrogen (secondary N) is 1. The third-order valence-electron chi connectivity index (χ3n) is 3.43. The van der Waals surface area contributed by atoms with Gasteiger partial charge < -0.3 is 5.32 Å². The Morgan fingerprint density at radius 2 is 2.00 bits per heavy atom. The number of hydrogen-bond acceptors (Lipinski definition) is 5. The van der Waals surface area contributed by atoms with E-state index in [1.165, 1.54) is 10.7 Å². The van der Waals surface area contributed by atoms with Crippen molar-refractivity contribution >= 4 is 21.4 Å². The molecule has 0 spiro atoms. The van der Waals surface area contributed by atoms with Crippen LogP contribution < -0.4 is 5.32 Å². The molecular weight excluding hydrogens is 367 g/mol. The number of hydrogen-bond donors (Lipinski definition) is 1. The largest absolute Gasteiger partial charge is 0.314 e. The topological polar surface area (TPSA) is 76.9 Å². The second-order valence-electron chi connectivity index (χ2n) is 5.21. The van der Waals surface area contributed by atoms with Crippen molar-refractivity contribution in [3.05, 3.63) is 65.3 Å². The highest BCUT2D eigenvalue weighted by Gasteiger charge is 2.26. The van der Waals surface area contributed by atoms with Crippen LogP contribution in [0.25, 0.3) is 5.69 Å². The van der Waals surface area contributed by atoms with Crippen LogP contribution in [0.4, 0.5) is 4.39 Å². The maximum Gasteiger partial charge on any atom is 0.225 e. The molecule has 0 fully saturated rings. The van der Waals surface area contributed by atoms with Crippen LogP contribution in [-0.4, -0.2) is 30.2 Å². The molecule has 0 aliphatic heterocycles. The van der Waals surface area contributed by atoms with Gasteiger partial charge in [0.05, 0.1) is 27.5 Å². The predicted molar refractivity (Wildman–Crippen MR) is 91.0 cm³/mol. The standard InChI is InChI=1S/C16H14ClFN4O2S/c1-19-9-12-7-16(22(21-12)15-5-3-2-4-14(15)17)25(23,24)13-6-11(18)8-20-10-13/h2-8,10,19H,9H2,1H3. The Bertz CT molecular complexity index is 1020. The van der Waals surface area contributed by atoms with Crippen molar-refractivity contribution in [2.75, 3.05) is 7.05 Å². The second kappa shape index (κ2) is 6.91. The lowest BCUT2D eigenvalue weighted by Crippen LogP contribution is -2.11. The molecule has 0 aliphatic rings. The Balaban J connectivity index is 2.23. The van der Waals surface area contributed by atoms with Crippen LogP contribution in [0.2, 0.25) is 5.02 Å². The van der Waals surface area contributed by atoms with Gasteiger partial charge in [-0.05, 0) is 25.2 Å². The van der Waals surface area contributed by atoms with Crippen molar-refractivity contribution in [2.24, 2.45) is 0 Å². The minimum absolute atomic E-state index is 0.113. The average Bonchev–Trinajstić information content (AvgIpc) is 3.00. The minimum atomic E-state index is -4.04. The van der Waals surface area contributed by atoms with E-state index in [1.807, 2.05) is 0 Å². The Hall–Kier alpha value is -2.29. The fourth-order valence-electron chi connectivity index (χ4n) is 2.33. The highest BCUT2D eigenvalue weighted by Crippen LogP contribution is 2.27. The summed E-state index contributed by atoms with van der Waals surface area (Å²) in [5.74, 6) is -0.736. The van der Waals surface area contributed by atoms with Crippen LogP contribution in [0.3, 0.4) is 0 Å². The molecule has 9 heteroatoms. The molecule has 6 nitrogen and oxygen atoms in total. The Kier molecular flexibility index (Phi) is 4.85. The average molecular weight is 381 g/mol. The zero-order valence-electron chi connectivity index (χ0n) is 13.1. The Morgan fingerprint density at radius 3 is 2.68 bits per heavy atom. The highest BCUT2D eigenvalue weighted by atomic mass is 35.5. The van der Waals surface area contributed by atoms with Gasteiger partial charge in [0.2, 0.25) is 9.84 Å². The van der Waals surface area contributed by atoms with E-state index in [9.17, 15) is 12.8 Å². The van der Waals surface area contributed by atoms with Crippen LogP contribution in [0.5, 0.6) is 0 Å². The molecule has 3 aromatic rings. The molecule has 0 amide bonds. The molecule has 0 radical (unpaired) electrons. The number of rotatable bonds is 5. The molecule has 0 unspecified atom stereocenters. The summed E-state index contributed by atoms with van der Waals surface area (Å²) in [6.07, 6.45) is 2.04. The van der Waals surface area contributed by atoms with E-state index in [0.29, 0.717) is 22.9 Å². The van der Waals surface area contributed by atoms with E-state index in [0.717, 1.165) is 18.5 Å². The number of para-hydroxylation sites is 1. The fraction of sp³-hybridized carbons (Fsp3) is 0.125. The normalized spacial score (nSPS) is 11.6. The smallest absolute Gasteiger partial charge is 0.225 e. The summed E-state index contributed by atoms with van der Waals surface area (Å²) in [5.41, 5.74) is 0.916. The van der Waals surface area contributed by atoms with E-state index in [2.05, 4.69) is 15.4 Å². The van der Waals surface area contributed by atoms with Gasteiger partial charge in [0.1, 0.15) is 5.82 Å². The quantitative estimate of drug-likeness (QED) is 0.736. The molecule has 0 aliphatic carbocycles. The van der Waals surface area contributed by atoms with Gasteiger partial charge in [-0.25, -0.2) is 17.5 Å². The molecule has 1 N–H and O–H groups in total. The van der Waals surface area contributed by atoms with Crippen molar-refractivity contribution in [1.82, 2.24) is 20.1 Å². The molecular formula is C16H14ClFN4O2S. The fourth-order valence-corrected chi connectivity index (χ4v) is 3.91. The number of halogens is 2. The van der Waals surface area contributed by atoms with Gasteiger partial charge in [0.15, 0.2) is 5.03 Å². The lowest BCUT2D eigenvalue weighted by atomic mass is 10.3. The van der Waals surface area contributed by atoms with Gasteiger partial charge in [0.25, 0.3) is 0 Å². The maximum atomic E-state index is 13.4. The minimum Gasteiger partial charge on any atom is -0.314 e. The van der Waals surface area contributed by atoms with E-state index in [-0.39, 0.29) is 9.92 Å². The van der Waals surface area contributed by atoms with Crippen LogP contribution in [-0.2, 0) is 16.4 Å². The summed E-state index contributed by atoms with van der Waals surface area (Å²) in [6, 6.07) is 9.09. The first-order valence-corrected chi connectivity index (χ1v) is 9.13. The number of pyridine rings is 1. The van der Waals surface area contributed by atoms with Crippen molar-refractivity contribution in [3.8, 4) is 5.69 Å². The third-order valence-corrected chi connectivity index (χ3v) is 5.44. The van der Waals surface area contributed by atoms with Gasteiger partial charge >= 0.3 is 0 Å². The first kappa shape index (κ1) is 17.5. The number of sulfone groups is 1. The van der Waals surface area contributed by atoms with Gasteiger partial charge in [-0.3, -0.25) is 4.98 Å². The van der Waals surface area contributed by atoms with E-state index < -0.39 is 15.7 Å². The van der Waals surface area contributed by atoms with Gasteiger partial charge in [0, 0.05) is 18.8 Å². The number of aromatic nitrogens is 3. The Morgan fingerprint density at radius 1 is 1.24 bits per heavy atom. The molecule has 25 heavy (non-hydrogen) atoms. The van der Waals surface area contributed by atoms with Gasteiger partial charge in [-0.15, -0.1) is 0 Å². The molecule has 130 valence electrons. The summed E-state index contributed by atoms with van der Waals surface area (Å²) in [7, 11) is -2.32. The molecule has 0 saturated heterocycles. The summed E-state index contributed by atoms with van der Waals surface area (Å²) in [5, 5.41) is 7.47. The predicted octanol–water partition coefficient (Wildman–Crippen LogP) is 2.61.